The van der Waals surface area contributed by atoms with Gasteiger partial charge >= 0.3 is 0 Å². The van der Waals surface area contributed by atoms with E-state index in [1.807, 2.05) is 0 Å². The SMILES string of the molecule is CSP(N)(N)=O. The Kier molecular flexibility index (Phi) is 2.15. The Morgan fingerprint density at radius 3 is 1.83 bits per heavy atom. The molecular formula is CH7N2OPS. The van der Waals surface area contributed by atoms with Crippen LogP contribution in [-0.2, 0) is 4.57 Å². The molecule has 0 atom stereocenters. The minimum absolute atomic E-state index is 0.993. The molecule has 0 fully saturated rings. The lowest BCUT2D eigenvalue weighted by molar-refractivity contribution is 0.587. The zero-order chi connectivity index (χ0) is 5.21. The zero-order valence-corrected chi connectivity index (χ0v) is 5.13. The molecule has 0 saturated carbocycles. The molecule has 0 aromatic heterocycles. The molecule has 0 aliphatic rings. The van der Waals surface area contributed by atoms with E-state index in [-0.39, 0.29) is 0 Å². The molecule has 0 spiro atoms. The molecule has 5 heteroatoms. The van der Waals surface area contributed by atoms with Crippen LogP contribution in [0.25, 0.3) is 0 Å². The van der Waals surface area contributed by atoms with Crippen molar-refractivity contribution in [3.63, 3.8) is 0 Å². The highest BCUT2D eigenvalue weighted by molar-refractivity contribution is 8.56. The van der Waals surface area contributed by atoms with Crippen molar-refractivity contribution in [3.05, 3.63) is 0 Å². The van der Waals surface area contributed by atoms with Crippen LogP contribution < -0.4 is 11.0 Å². The number of nitrogens with two attached hydrogens (primary N) is 2. The minimum Gasteiger partial charge on any atom is -0.277 e. The molecule has 0 amide bonds. The van der Waals surface area contributed by atoms with Gasteiger partial charge in [0.2, 0.25) is 0 Å². The molecule has 0 unspecified atom stereocenters. The fraction of sp³-hybridized carbons (Fsp3) is 1.00. The Morgan fingerprint density at radius 1 is 1.67 bits per heavy atom. The maximum Gasteiger partial charge on any atom is 0.260 e. The molecule has 4 N–H and O–H groups in total. The Bertz CT molecular complexity index is 77.6. The van der Waals surface area contributed by atoms with Gasteiger partial charge in [-0.15, -0.1) is 0 Å². The molecule has 0 aliphatic heterocycles. The van der Waals surface area contributed by atoms with E-state index in [1.54, 1.807) is 6.26 Å². The standard InChI is InChI=1S/CH7N2OPS/c1-6-5(2,3)4/h1H3,(H4,2,3,4). The molecule has 0 heterocycles. The summed E-state index contributed by atoms with van der Waals surface area (Å²) < 4.78 is 10.1. The zero-order valence-electron chi connectivity index (χ0n) is 3.42. The van der Waals surface area contributed by atoms with Crippen molar-refractivity contribution in [2.45, 2.75) is 0 Å². The Hall–Kier alpha value is 0.500. The molecule has 0 aromatic rings. The van der Waals surface area contributed by atoms with Crippen LogP contribution in [0.2, 0.25) is 0 Å². The summed E-state index contributed by atoms with van der Waals surface area (Å²) in [7, 11) is 0. The second kappa shape index (κ2) is 1.98. The monoisotopic (exact) mass is 126 g/mol. The molecule has 0 aromatic carbocycles. The van der Waals surface area contributed by atoms with E-state index < -0.39 is 6.65 Å². The maximum atomic E-state index is 10.1. The summed E-state index contributed by atoms with van der Waals surface area (Å²) in [5.74, 6) is 0. The largest absolute Gasteiger partial charge is 0.277 e. The third kappa shape index (κ3) is 4.50. The van der Waals surface area contributed by atoms with Crippen molar-refractivity contribution in [1.29, 1.82) is 0 Å². The van der Waals surface area contributed by atoms with Crippen LogP contribution in [0.5, 0.6) is 0 Å². The normalized spacial score (nSPS) is 11.8. The molecule has 0 radical (unpaired) electrons. The summed E-state index contributed by atoms with van der Waals surface area (Å²) in [6, 6.07) is 0. The van der Waals surface area contributed by atoms with Crippen LogP contribution in [0.1, 0.15) is 0 Å². The molecule has 0 rings (SSSR count). The molecular weight excluding hydrogens is 119 g/mol. The average Bonchev–Trinajstić information content (AvgIpc) is 1.35. The van der Waals surface area contributed by atoms with E-state index in [0.717, 1.165) is 11.4 Å². The quantitative estimate of drug-likeness (QED) is 0.498. The lowest BCUT2D eigenvalue weighted by Crippen LogP contribution is -1.98. The van der Waals surface area contributed by atoms with E-state index >= 15 is 0 Å². The lowest BCUT2D eigenvalue weighted by Gasteiger charge is -1.95. The van der Waals surface area contributed by atoms with E-state index in [4.69, 9.17) is 11.0 Å². The van der Waals surface area contributed by atoms with Gasteiger partial charge < -0.3 is 0 Å². The highest BCUT2D eigenvalue weighted by atomic mass is 32.7. The molecule has 0 bridgehead atoms. The summed E-state index contributed by atoms with van der Waals surface area (Å²) in [6.07, 6.45) is 1.61. The number of hydrogen-bond donors (Lipinski definition) is 2. The van der Waals surface area contributed by atoms with Gasteiger partial charge in [-0.05, 0) is 6.26 Å². The van der Waals surface area contributed by atoms with Crippen molar-refractivity contribution in [2.75, 3.05) is 6.26 Å². The topological polar surface area (TPSA) is 69.1 Å². The van der Waals surface area contributed by atoms with Crippen molar-refractivity contribution in [1.82, 2.24) is 0 Å². The van der Waals surface area contributed by atoms with Crippen LogP contribution in [0, 0.1) is 0 Å². The third-order valence-corrected chi connectivity index (χ3v) is 2.57. The average molecular weight is 126 g/mol. The van der Waals surface area contributed by atoms with Gasteiger partial charge in [0.15, 0.2) is 0 Å². The van der Waals surface area contributed by atoms with Crippen molar-refractivity contribution in [3.8, 4) is 0 Å². The molecule has 6 heavy (non-hydrogen) atoms. The Balaban J connectivity index is 3.48. The molecule has 3 nitrogen and oxygen atoms in total. The fourth-order valence-electron chi connectivity index (χ4n) is 0. The van der Waals surface area contributed by atoms with Gasteiger partial charge in [-0.25, -0.2) is 0 Å². The van der Waals surface area contributed by atoms with Crippen molar-refractivity contribution < 1.29 is 4.57 Å². The third-order valence-electron chi connectivity index (χ3n) is 0.285. The second-order valence-electron chi connectivity index (χ2n) is 0.828. The first-order valence-electron chi connectivity index (χ1n) is 1.29. The predicted molar refractivity (Wildman–Crippen MR) is 29.5 cm³/mol. The molecule has 38 valence electrons. The maximum absolute atomic E-state index is 10.1. The van der Waals surface area contributed by atoms with Gasteiger partial charge in [0, 0.05) is 0 Å². The Morgan fingerprint density at radius 2 is 1.83 bits per heavy atom. The summed E-state index contributed by atoms with van der Waals surface area (Å²) in [5, 5.41) is 0. The first-order valence-corrected chi connectivity index (χ1v) is 4.96. The van der Waals surface area contributed by atoms with Crippen LogP contribution in [-0.4, -0.2) is 6.26 Å². The van der Waals surface area contributed by atoms with Crippen LogP contribution in [0.15, 0.2) is 0 Å². The first kappa shape index (κ1) is 6.50. The van der Waals surface area contributed by atoms with Crippen LogP contribution in [0.4, 0.5) is 0 Å². The van der Waals surface area contributed by atoms with Gasteiger partial charge in [-0.2, -0.15) is 0 Å². The van der Waals surface area contributed by atoms with Crippen LogP contribution in [0.3, 0.4) is 0 Å². The van der Waals surface area contributed by atoms with E-state index in [0.29, 0.717) is 0 Å². The Labute approximate surface area is 40.7 Å². The summed E-state index contributed by atoms with van der Waals surface area (Å²) in [4.78, 5) is 0. The highest BCUT2D eigenvalue weighted by Crippen LogP contribution is 2.39. The summed E-state index contributed by atoms with van der Waals surface area (Å²) >= 11 is 0.993. The molecule has 0 aliphatic carbocycles. The van der Waals surface area contributed by atoms with Gasteiger partial charge in [0.05, 0.1) is 0 Å². The minimum atomic E-state index is -2.73. The fourth-order valence-corrected chi connectivity index (χ4v) is 0. The summed E-state index contributed by atoms with van der Waals surface area (Å²) in [6.45, 7) is -2.73. The lowest BCUT2D eigenvalue weighted by atomic mass is 12.0. The molecule has 0 saturated heterocycles. The van der Waals surface area contributed by atoms with Crippen LogP contribution >= 0.6 is 18.0 Å². The predicted octanol–water partition coefficient (Wildman–Crippen LogP) is 0.375. The number of rotatable bonds is 1. The van der Waals surface area contributed by atoms with Crippen molar-refractivity contribution >= 4 is 18.0 Å². The second-order valence-corrected chi connectivity index (χ2v) is 5.29. The smallest absolute Gasteiger partial charge is 0.260 e. The van der Waals surface area contributed by atoms with Crippen molar-refractivity contribution in [2.24, 2.45) is 11.0 Å². The van der Waals surface area contributed by atoms with E-state index in [9.17, 15) is 4.57 Å². The van der Waals surface area contributed by atoms with Gasteiger partial charge in [-0.1, -0.05) is 11.4 Å². The van der Waals surface area contributed by atoms with Gasteiger partial charge in [0.1, 0.15) is 0 Å². The van der Waals surface area contributed by atoms with Gasteiger partial charge in [-0.3, -0.25) is 15.6 Å². The van der Waals surface area contributed by atoms with E-state index in [1.165, 1.54) is 0 Å². The van der Waals surface area contributed by atoms with Gasteiger partial charge in [0.25, 0.3) is 6.65 Å². The van der Waals surface area contributed by atoms with E-state index in [2.05, 4.69) is 0 Å². The first-order chi connectivity index (χ1) is 2.56. The number of hydrogen-bond acceptors (Lipinski definition) is 2. The highest BCUT2D eigenvalue weighted by Gasteiger charge is 2.00. The summed E-state index contributed by atoms with van der Waals surface area (Å²) in [5.41, 5.74) is 9.66.